The van der Waals surface area contributed by atoms with Gasteiger partial charge in [0.05, 0.1) is 17.8 Å². The lowest BCUT2D eigenvalue weighted by Crippen LogP contribution is -2.47. The summed E-state index contributed by atoms with van der Waals surface area (Å²) in [4.78, 5) is 34.8. The van der Waals surface area contributed by atoms with E-state index in [2.05, 4.69) is 50.2 Å². The second-order valence-electron chi connectivity index (χ2n) is 8.89. The van der Waals surface area contributed by atoms with Gasteiger partial charge in [-0.05, 0) is 37.6 Å². The molecule has 184 valence electrons. The minimum Gasteiger partial charge on any atom is -0.395 e. The molecule has 0 unspecified atom stereocenters. The van der Waals surface area contributed by atoms with Gasteiger partial charge in [-0.15, -0.1) is 11.3 Å². The molecule has 0 atom stereocenters. The number of hydrogen-bond acceptors (Lipinski definition) is 10. The van der Waals surface area contributed by atoms with Gasteiger partial charge in [0.2, 0.25) is 5.95 Å². The van der Waals surface area contributed by atoms with Crippen molar-refractivity contribution in [3.05, 3.63) is 40.7 Å². The summed E-state index contributed by atoms with van der Waals surface area (Å²) >= 11 is 1.48. The lowest BCUT2D eigenvalue weighted by molar-refractivity contribution is 0.0990. The number of aromatic nitrogens is 3. The van der Waals surface area contributed by atoms with Crippen molar-refractivity contribution in [2.24, 2.45) is 0 Å². The second kappa shape index (κ2) is 9.40. The van der Waals surface area contributed by atoms with Gasteiger partial charge in [-0.1, -0.05) is 0 Å². The third-order valence-electron chi connectivity index (χ3n) is 6.57. The Balaban J connectivity index is 1.37. The zero-order chi connectivity index (χ0) is 24.7. The van der Waals surface area contributed by atoms with Crippen LogP contribution in [0, 0.1) is 13.8 Å². The molecule has 3 aromatic rings. The Kier molecular flexibility index (Phi) is 6.30. The van der Waals surface area contributed by atoms with Crippen LogP contribution in [0.4, 0.5) is 33.8 Å². The number of aliphatic hydroxyl groups is 1. The highest BCUT2D eigenvalue weighted by Crippen LogP contribution is 2.41. The quantitative estimate of drug-likeness (QED) is 0.554. The zero-order valence-corrected chi connectivity index (χ0v) is 21.3. The number of nitrogens with zero attached hydrogens (tertiary/aromatic N) is 7. The summed E-state index contributed by atoms with van der Waals surface area (Å²) in [6, 6.07) is 6.35. The Bertz CT molecular complexity index is 1250. The number of rotatable bonds is 5. The van der Waals surface area contributed by atoms with Crippen LogP contribution < -0.4 is 20.0 Å². The standard InChI is InChI=1S/C24H30N8O2S/c1-15-13-17(32-9-7-31(8-10-32)11-12-33)5-6-18(15)27-24-25-14-19-21(28-24)30(4)23-20(22(34)29(19)3)26-16(2)35-23/h5-6,13-14,33H,7-12H2,1-4H3,(H,25,27,28). The van der Waals surface area contributed by atoms with Crippen LogP contribution in [0.15, 0.2) is 24.4 Å². The molecule has 35 heavy (non-hydrogen) atoms. The number of amides is 1. The fourth-order valence-corrected chi connectivity index (χ4v) is 5.40. The summed E-state index contributed by atoms with van der Waals surface area (Å²) in [5.74, 6) is 0.952. The number of carbonyl (C=O) groups is 1. The number of benzene rings is 1. The maximum absolute atomic E-state index is 12.9. The van der Waals surface area contributed by atoms with Gasteiger partial charge in [0, 0.05) is 58.2 Å². The van der Waals surface area contributed by atoms with Gasteiger partial charge < -0.3 is 25.1 Å². The van der Waals surface area contributed by atoms with E-state index in [-0.39, 0.29) is 12.5 Å². The number of anilines is 6. The normalized spacial score (nSPS) is 16.3. The molecule has 0 bridgehead atoms. The predicted octanol–water partition coefficient (Wildman–Crippen LogP) is 2.77. The van der Waals surface area contributed by atoms with Crippen molar-refractivity contribution in [2.75, 3.05) is 73.4 Å². The first-order chi connectivity index (χ1) is 16.9. The second-order valence-corrected chi connectivity index (χ2v) is 10.1. The molecular weight excluding hydrogens is 464 g/mol. The van der Waals surface area contributed by atoms with Crippen molar-refractivity contribution in [1.29, 1.82) is 0 Å². The minimum atomic E-state index is -0.164. The summed E-state index contributed by atoms with van der Waals surface area (Å²) < 4.78 is 0. The summed E-state index contributed by atoms with van der Waals surface area (Å²) in [6.07, 6.45) is 1.68. The molecule has 0 saturated carbocycles. The smallest absolute Gasteiger partial charge is 0.279 e. The van der Waals surface area contributed by atoms with Crippen molar-refractivity contribution in [1.82, 2.24) is 19.9 Å². The van der Waals surface area contributed by atoms with Crippen LogP contribution in [0.3, 0.4) is 0 Å². The Morgan fingerprint density at radius 1 is 1.09 bits per heavy atom. The molecular formula is C24H30N8O2S. The number of carbonyl (C=O) groups excluding carboxylic acids is 1. The maximum Gasteiger partial charge on any atom is 0.279 e. The molecule has 1 fully saturated rings. The van der Waals surface area contributed by atoms with E-state index in [9.17, 15) is 4.79 Å². The number of nitrogens with one attached hydrogen (secondary N) is 1. The molecule has 0 aliphatic carbocycles. The van der Waals surface area contributed by atoms with Gasteiger partial charge >= 0.3 is 0 Å². The molecule has 5 rings (SSSR count). The molecule has 4 heterocycles. The van der Waals surface area contributed by atoms with E-state index >= 15 is 0 Å². The van der Waals surface area contributed by atoms with E-state index in [0.717, 1.165) is 54.0 Å². The Labute approximate surface area is 208 Å². The summed E-state index contributed by atoms with van der Waals surface area (Å²) in [5.41, 5.74) is 4.29. The predicted molar refractivity (Wildman–Crippen MR) is 140 cm³/mol. The lowest BCUT2D eigenvalue weighted by atomic mass is 10.1. The van der Waals surface area contributed by atoms with E-state index in [0.29, 0.717) is 23.1 Å². The van der Waals surface area contributed by atoms with Crippen molar-refractivity contribution in [2.45, 2.75) is 13.8 Å². The van der Waals surface area contributed by atoms with Crippen LogP contribution in [0.25, 0.3) is 0 Å². The lowest BCUT2D eigenvalue weighted by Gasteiger charge is -2.36. The van der Waals surface area contributed by atoms with Crippen LogP contribution in [0.5, 0.6) is 0 Å². The summed E-state index contributed by atoms with van der Waals surface area (Å²) in [7, 11) is 3.63. The molecule has 2 aromatic heterocycles. The van der Waals surface area contributed by atoms with E-state index in [1.807, 2.05) is 18.9 Å². The number of aryl methyl sites for hydroxylation is 2. The first-order valence-electron chi connectivity index (χ1n) is 11.7. The van der Waals surface area contributed by atoms with Crippen LogP contribution in [0.2, 0.25) is 0 Å². The van der Waals surface area contributed by atoms with E-state index in [1.54, 1.807) is 18.1 Å². The van der Waals surface area contributed by atoms with Gasteiger partial charge in [0.25, 0.3) is 5.91 Å². The number of thiazole rings is 1. The number of hydrogen-bond donors (Lipinski definition) is 2. The van der Waals surface area contributed by atoms with Crippen LogP contribution >= 0.6 is 11.3 Å². The average Bonchev–Trinajstić information content (AvgIpc) is 3.23. The van der Waals surface area contributed by atoms with E-state index < -0.39 is 0 Å². The third kappa shape index (κ3) is 4.42. The Morgan fingerprint density at radius 2 is 1.86 bits per heavy atom. The van der Waals surface area contributed by atoms with Crippen molar-refractivity contribution in [3.8, 4) is 0 Å². The highest BCUT2D eigenvalue weighted by atomic mass is 32.1. The Morgan fingerprint density at radius 3 is 2.57 bits per heavy atom. The van der Waals surface area contributed by atoms with Crippen molar-refractivity contribution in [3.63, 3.8) is 0 Å². The molecule has 0 spiro atoms. The molecule has 0 radical (unpaired) electrons. The maximum atomic E-state index is 12.9. The molecule has 2 aliphatic heterocycles. The topological polar surface area (TPSA) is 101 Å². The number of aliphatic hydroxyl groups excluding tert-OH is 1. The fourth-order valence-electron chi connectivity index (χ4n) is 4.53. The van der Waals surface area contributed by atoms with Gasteiger partial charge in [-0.25, -0.2) is 9.97 Å². The van der Waals surface area contributed by atoms with Crippen LogP contribution in [-0.4, -0.2) is 84.3 Å². The van der Waals surface area contributed by atoms with Gasteiger partial charge in [0.1, 0.15) is 10.7 Å². The number of piperazine rings is 1. The third-order valence-corrected chi connectivity index (χ3v) is 7.61. The number of fused-ring (bicyclic) bond motifs is 2. The molecule has 1 saturated heterocycles. The highest BCUT2D eigenvalue weighted by Gasteiger charge is 2.32. The van der Waals surface area contributed by atoms with E-state index in [1.165, 1.54) is 17.0 Å². The average molecular weight is 495 g/mol. The molecule has 10 nitrogen and oxygen atoms in total. The first-order valence-corrected chi connectivity index (χ1v) is 12.5. The number of β-amino-alcohol motifs (C(OH)–C–C–N with tert-alkyl or cyclic N) is 1. The highest BCUT2D eigenvalue weighted by molar-refractivity contribution is 7.16. The molecule has 1 amide bonds. The molecule has 11 heteroatoms. The van der Waals surface area contributed by atoms with Crippen LogP contribution in [-0.2, 0) is 0 Å². The van der Waals surface area contributed by atoms with Gasteiger partial charge in [0.15, 0.2) is 11.5 Å². The Hall–Kier alpha value is -3.28. The molecule has 1 aromatic carbocycles. The molecule has 2 N–H and O–H groups in total. The molecule has 2 aliphatic rings. The monoisotopic (exact) mass is 494 g/mol. The van der Waals surface area contributed by atoms with Crippen LogP contribution in [0.1, 0.15) is 21.1 Å². The van der Waals surface area contributed by atoms with Gasteiger partial charge in [-0.2, -0.15) is 4.98 Å². The summed E-state index contributed by atoms with van der Waals surface area (Å²) in [6.45, 7) is 8.70. The largest absolute Gasteiger partial charge is 0.395 e. The van der Waals surface area contributed by atoms with Gasteiger partial charge in [-0.3, -0.25) is 9.69 Å². The van der Waals surface area contributed by atoms with E-state index in [4.69, 9.17) is 10.1 Å². The van der Waals surface area contributed by atoms with Crippen molar-refractivity contribution < 1.29 is 9.90 Å². The van der Waals surface area contributed by atoms with Crippen molar-refractivity contribution >= 4 is 51.1 Å². The zero-order valence-electron chi connectivity index (χ0n) is 20.4. The minimum absolute atomic E-state index is 0.164. The summed E-state index contributed by atoms with van der Waals surface area (Å²) in [5, 5.41) is 14.1. The SMILES string of the molecule is Cc1nc2c(s1)N(C)c1nc(Nc3ccc(N4CCN(CCO)CC4)cc3C)ncc1N(C)C2=O. The first kappa shape index (κ1) is 23.5. The fraction of sp³-hybridized carbons (Fsp3) is 0.417.